The molecule has 1 unspecified atom stereocenters. The molecule has 0 bridgehead atoms. The molecule has 1 aliphatic rings. The highest BCUT2D eigenvalue weighted by atomic mass is 35.5. The lowest BCUT2D eigenvalue weighted by Crippen LogP contribution is -2.20. The standard InChI is InChI=1S/C16H23ClO/c1-13-2-4-14(5-3-13)10-16(12-17)11-15-6-8-18-9-7-15/h2-5,15-16H,6-12H2,1H3. The number of hydrogen-bond acceptors (Lipinski definition) is 1. The van der Waals surface area contributed by atoms with Crippen molar-refractivity contribution in [1.29, 1.82) is 0 Å². The molecule has 18 heavy (non-hydrogen) atoms. The smallest absolute Gasteiger partial charge is 0.0468 e. The van der Waals surface area contributed by atoms with Gasteiger partial charge in [0, 0.05) is 19.1 Å². The van der Waals surface area contributed by atoms with E-state index in [1.165, 1.54) is 30.4 Å². The highest BCUT2D eigenvalue weighted by molar-refractivity contribution is 6.18. The van der Waals surface area contributed by atoms with Gasteiger partial charge in [-0.05, 0) is 50.0 Å². The molecule has 1 fully saturated rings. The quantitative estimate of drug-likeness (QED) is 0.726. The van der Waals surface area contributed by atoms with Gasteiger partial charge in [-0.3, -0.25) is 0 Å². The lowest BCUT2D eigenvalue weighted by molar-refractivity contribution is 0.0595. The monoisotopic (exact) mass is 266 g/mol. The summed E-state index contributed by atoms with van der Waals surface area (Å²) in [5.41, 5.74) is 2.74. The van der Waals surface area contributed by atoms with Gasteiger partial charge in [0.1, 0.15) is 0 Å². The van der Waals surface area contributed by atoms with Crippen LogP contribution in [0.1, 0.15) is 30.4 Å². The Labute approximate surface area is 115 Å². The molecule has 0 aromatic heterocycles. The SMILES string of the molecule is Cc1ccc(CC(CCl)CC2CCOCC2)cc1. The van der Waals surface area contributed by atoms with Crippen molar-refractivity contribution < 1.29 is 4.74 Å². The highest BCUT2D eigenvalue weighted by Gasteiger charge is 2.19. The molecule has 1 heterocycles. The minimum absolute atomic E-state index is 0.609. The van der Waals surface area contributed by atoms with Crippen molar-refractivity contribution in [2.75, 3.05) is 19.1 Å². The second-order valence-corrected chi connectivity index (χ2v) is 5.81. The van der Waals surface area contributed by atoms with Crippen LogP contribution in [0.25, 0.3) is 0 Å². The van der Waals surface area contributed by atoms with Gasteiger partial charge in [-0.15, -0.1) is 11.6 Å². The van der Waals surface area contributed by atoms with Crippen LogP contribution < -0.4 is 0 Å². The minimum atomic E-state index is 0.609. The van der Waals surface area contributed by atoms with Crippen LogP contribution in [0.2, 0.25) is 0 Å². The number of ether oxygens (including phenoxy) is 1. The molecule has 1 aromatic carbocycles. The third-order valence-electron chi connectivity index (χ3n) is 3.87. The fourth-order valence-corrected chi connectivity index (χ4v) is 2.95. The topological polar surface area (TPSA) is 9.23 Å². The molecular weight excluding hydrogens is 244 g/mol. The Balaban J connectivity index is 1.86. The molecule has 2 rings (SSSR count). The molecule has 0 aliphatic carbocycles. The molecule has 1 nitrogen and oxygen atoms in total. The molecule has 0 N–H and O–H groups in total. The first-order chi connectivity index (χ1) is 8.78. The summed E-state index contributed by atoms with van der Waals surface area (Å²) in [5.74, 6) is 2.19. The second-order valence-electron chi connectivity index (χ2n) is 5.50. The molecule has 1 aliphatic heterocycles. The number of halogens is 1. The van der Waals surface area contributed by atoms with Gasteiger partial charge in [0.05, 0.1) is 0 Å². The zero-order chi connectivity index (χ0) is 12.8. The van der Waals surface area contributed by atoms with Crippen molar-refractivity contribution in [2.24, 2.45) is 11.8 Å². The molecule has 0 amide bonds. The van der Waals surface area contributed by atoms with E-state index in [0.29, 0.717) is 5.92 Å². The third-order valence-corrected chi connectivity index (χ3v) is 4.31. The first-order valence-electron chi connectivity index (χ1n) is 6.97. The van der Waals surface area contributed by atoms with Crippen molar-refractivity contribution in [3.63, 3.8) is 0 Å². The summed E-state index contributed by atoms with van der Waals surface area (Å²) in [5, 5.41) is 0. The van der Waals surface area contributed by atoms with Crippen molar-refractivity contribution >= 4 is 11.6 Å². The van der Waals surface area contributed by atoms with Crippen LogP contribution in [-0.2, 0) is 11.2 Å². The van der Waals surface area contributed by atoms with E-state index in [9.17, 15) is 0 Å². The molecule has 2 heteroatoms. The van der Waals surface area contributed by atoms with Crippen LogP contribution in [0.3, 0.4) is 0 Å². The van der Waals surface area contributed by atoms with Gasteiger partial charge in [-0.25, -0.2) is 0 Å². The van der Waals surface area contributed by atoms with E-state index in [1.807, 2.05) is 0 Å². The molecule has 0 saturated carbocycles. The molecule has 1 saturated heterocycles. The van der Waals surface area contributed by atoms with Gasteiger partial charge in [0.15, 0.2) is 0 Å². The number of aryl methyl sites for hydroxylation is 1. The maximum atomic E-state index is 6.14. The Hall–Kier alpha value is -0.530. The summed E-state index contributed by atoms with van der Waals surface area (Å²) in [7, 11) is 0. The summed E-state index contributed by atoms with van der Waals surface area (Å²) in [6, 6.07) is 8.85. The van der Waals surface area contributed by atoms with Gasteiger partial charge in [0.2, 0.25) is 0 Å². The van der Waals surface area contributed by atoms with E-state index in [2.05, 4.69) is 31.2 Å². The molecule has 1 aromatic rings. The van der Waals surface area contributed by atoms with Crippen molar-refractivity contribution in [1.82, 2.24) is 0 Å². The van der Waals surface area contributed by atoms with Crippen LogP contribution >= 0.6 is 11.6 Å². The lowest BCUT2D eigenvalue weighted by atomic mass is 9.86. The fourth-order valence-electron chi connectivity index (χ4n) is 2.71. The number of benzene rings is 1. The van der Waals surface area contributed by atoms with Crippen LogP contribution in [0, 0.1) is 18.8 Å². The Bertz CT molecular complexity index is 341. The van der Waals surface area contributed by atoms with Crippen molar-refractivity contribution in [3.05, 3.63) is 35.4 Å². The minimum Gasteiger partial charge on any atom is -0.381 e. The predicted molar refractivity (Wildman–Crippen MR) is 77.3 cm³/mol. The fraction of sp³-hybridized carbons (Fsp3) is 0.625. The van der Waals surface area contributed by atoms with Crippen LogP contribution in [0.15, 0.2) is 24.3 Å². The summed E-state index contributed by atoms with van der Waals surface area (Å²) >= 11 is 6.14. The second kappa shape index (κ2) is 7.16. The molecule has 0 spiro atoms. The maximum Gasteiger partial charge on any atom is 0.0468 e. The van der Waals surface area contributed by atoms with E-state index in [4.69, 9.17) is 16.3 Å². The summed E-state index contributed by atoms with van der Waals surface area (Å²) in [6.45, 7) is 4.00. The highest BCUT2D eigenvalue weighted by Crippen LogP contribution is 2.26. The Morgan fingerprint density at radius 1 is 1.22 bits per heavy atom. The predicted octanol–water partition coefficient (Wildman–Crippen LogP) is 4.21. The first kappa shape index (κ1) is 13.9. The van der Waals surface area contributed by atoms with Crippen molar-refractivity contribution in [3.8, 4) is 0 Å². The molecule has 100 valence electrons. The van der Waals surface area contributed by atoms with Gasteiger partial charge in [0.25, 0.3) is 0 Å². The molecular formula is C16H23ClO. The Kier molecular flexibility index (Phi) is 5.52. The van der Waals surface area contributed by atoms with Crippen LogP contribution in [0.4, 0.5) is 0 Å². The van der Waals surface area contributed by atoms with E-state index < -0.39 is 0 Å². The van der Waals surface area contributed by atoms with Gasteiger partial charge in [-0.1, -0.05) is 29.8 Å². The summed E-state index contributed by atoms with van der Waals surface area (Å²) in [4.78, 5) is 0. The Morgan fingerprint density at radius 2 is 1.89 bits per heavy atom. The Morgan fingerprint density at radius 3 is 2.50 bits per heavy atom. The summed E-state index contributed by atoms with van der Waals surface area (Å²) < 4.78 is 5.41. The molecule has 0 radical (unpaired) electrons. The summed E-state index contributed by atoms with van der Waals surface area (Å²) in [6.07, 6.45) is 4.78. The molecule has 1 atom stereocenters. The van der Waals surface area contributed by atoms with Gasteiger partial charge >= 0.3 is 0 Å². The van der Waals surface area contributed by atoms with E-state index in [-0.39, 0.29) is 0 Å². The zero-order valence-electron chi connectivity index (χ0n) is 11.2. The van der Waals surface area contributed by atoms with Gasteiger partial charge < -0.3 is 4.74 Å². The van der Waals surface area contributed by atoms with E-state index >= 15 is 0 Å². The normalized spacial score (nSPS) is 18.8. The largest absolute Gasteiger partial charge is 0.381 e. The van der Waals surface area contributed by atoms with Crippen LogP contribution in [0.5, 0.6) is 0 Å². The van der Waals surface area contributed by atoms with Crippen molar-refractivity contribution in [2.45, 2.75) is 32.6 Å². The first-order valence-corrected chi connectivity index (χ1v) is 7.50. The van der Waals surface area contributed by atoms with Gasteiger partial charge in [-0.2, -0.15) is 0 Å². The van der Waals surface area contributed by atoms with E-state index in [0.717, 1.165) is 31.4 Å². The van der Waals surface area contributed by atoms with Crippen LogP contribution in [-0.4, -0.2) is 19.1 Å². The number of alkyl halides is 1. The van der Waals surface area contributed by atoms with E-state index in [1.54, 1.807) is 0 Å². The maximum absolute atomic E-state index is 6.14. The number of hydrogen-bond donors (Lipinski definition) is 0. The average molecular weight is 267 g/mol. The average Bonchev–Trinajstić information content (AvgIpc) is 2.41. The number of rotatable bonds is 5. The lowest BCUT2D eigenvalue weighted by Gasteiger charge is -2.25. The third kappa shape index (κ3) is 4.29. The zero-order valence-corrected chi connectivity index (χ0v) is 12.0.